The SMILES string of the molecule is Cc1ccc(NC(=O)[C@H]2C[C@@H]3CCC2N3c2ccccn2)cc1-c1ncc(F)cn1. The molecule has 0 saturated carbocycles. The molecule has 7 heteroatoms. The third kappa shape index (κ3) is 3.30. The van der Waals surface area contributed by atoms with Gasteiger partial charge in [-0.3, -0.25) is 4.79 Å². The summed E-state index contributed by atoms with van der Waals surface area (Å²) in [5.41, 5.74) is 2.43. The highest BCUT2D eigenvalue weighted by atomic mass is 19.1. The minimum absolute atomic E-state index is 0.0259. The number of anilines is 2. The molecule has 5 rings (SSSR count). The molecule has 30 heavy (non-hydrogen) atoms. The van der Waals surface area contributed by atoms with Crippen LogP contribution >= 0.6 is 0 Å². The van der Waals surface area contributed by atoms with E-state index >= 15 is 0 Å². The van der Waals surface area contributed by atoms with Crippen molar-refractivity contribution in [2.75, 3.05) is 10.2 Å². The van der Waals surface area contributed by atoms with Gasteiger partial charge in [-0.25, -0.2) is 19.3 Å². The molecule has 2 aliphatic heterocycles. The summed E-state index contributed by atoms with van der Waals surface area (Å²) in [6, 6.07) is 12.1. The summed E-state index contributed by atoms with van der Waals surface area (Å²) >= 11 is 0. The fourth-order valence-corrected chi connectivity index (χ4v) is 4.76. The Morgan fingerprint density at radius 3 is 2.73 bits per heavy atom. The summed E-state index contributed by atoms with van der Waals surface area (Å²) in [7, 11) is 0. The number of aromatic nitrogens is 3. The van der Waals surface area contributed by atoms with E-state index in [4.69, 9.17) is 0 Å². The highest BCUT2D eigenvalue weighted by molar-refractivity contribution is 5.94. The molecule has 6 nitrogen and oxygen atoms in total. The second-order valence-corrected chi connectivity index (χ2v) is 7.98. The number of hydrogen-bond acceptors (Lipinski definition) is 5. The largest absolute Gasteiger partial charge is 0.350 e. The van der Waals surface area contributed by atoms with Crippen molar-refractivity contribution in [3.05, 3.63) is 66.4 Å². The second kappa shape index (κ2) is 7.48. The number of nitrogens with zero attached hydrogens (tertiary/aromatic N) is 4. The Morgan fingerprint density at radius 2 is 1.97 bits per heavy atom. The summed E-state index contributed by atoms with van der Waals surface area (Å²) in [5, 5.41) is 3.07. The van der Waals surface area contributed by atoms with E-state index in [1.54, 1.807) is 6.20 Å². The maximum Gasteiger partial charge on any atom is 0.229 e. The number of rotatable bonds is 4. The van der Waals surface area contributed by atoms with Crippen LogP contribution in [0.15, 0.2) is 55.0 Å². The van der Waals surface area contributed by atoms with Gasteiger partial charge in [0.15, 0.2) is 11.6 Å². The lowest BCUT2D eigenvalue weighted by Gasteiger charge is -2.25. The van der Waals surface area contributed by atoms with Gasteiger partial charge in [0, 0.05) is 29.5 Å². The van der Waals surface area contributed by atoms with Gasteiger partial charge in [0.25, 0.3) is 0 Å². The van der Waals surface area contributed by atoms with Gasteiger partial charge >= 0.3 is 0 Å². The van der Waals surface area contributed by atoms with Gasteiger partial charge in [0.2, 0.25) is 5.91 Å². The van der Waals surface area contributed by atoms with E-state index in [1.807, 2.05) is 43.3 Å². The zero-order valence-electron chi connectivity index (χ0n) is 16.6. The zero-order chi connectivity index (χ0) is 20.7. The molecule has 0 radical (unpaired) electrons. The van der Waals surface area contributed by atoms with E-state index < -0.39 is 5.82 Å². The molecule has 0 aliphatic carbocycles. The number of pyridine rings is 1. The molecule has 2 aliphatic rings. The van der Waals surface area contributed by atoms with Crippen LogP contribution in [-0.2, 0) is 4.79 Å². The maximum atomic E-state index is 13.2. The van der Waals surface area contributed by atoms with Crippen LogP contribution in [0.1, 0.15) is 24.8 Å². The lowest BCUT2D eigenvalue weighted by Crippen LogP contribution is -2.35. The molecule has 0 spiro atoms. The van der Waals surface area contributed by atoms with Crippen LogP contribution in [0.25, 0.3) is 11.4 Å². The molecule has 1 amide bonds. The van der Waals surface area contributed by atoms with E-state index in [1.165, 1.54) is 0 Å². The quantitative estimate of drug-likeness (QED) is 0.713. The second-order valence-electron chi connectivity index (χ2n) is 7.98. The molecular formula is C23H22FN5O. The number of aryl methyl sites for hydroxylation is 1. The van der Waals surface area contributed by atoms with Gasteiger partial charge in [0.1, 0.15) is 5.82 Å². The average molecular weight is 403 g/mol. The molecule has 1 aromatic carbocycles. The van der Waals surface area contributed by atoms with Crippen molar-refractivity contribution in [2.24, 2.45) is 5.92 Å². The van der Waals surface area contributed by atoms with Crippen molar-refractivity contribution in [3.8, 4) is 11.4 Å². The van der Waals surface area contributed by atoms with Gasteiger partial charge in [-0.1, -0.05) is 12.1 Å². The Bertz CT molecular complexity index is 1070. The van der Waals surface area contributed by atoms with E-state index in [2.05, 4.69) is 25.2 Å². The normalized spacial score (nSPS) is 22.3. The van der Waals surface area contributed by atoms with Gasteiger partial charge in [-0.15, -0.1) is 0 Å². The Labute approximate surface area is 174 Å². The molecule has 4 heterocycles. The zero-order valence-corrected chi connectivity index (χ0v) is 16.6. The first-order valence-corrected chi connectivity index (χ1v) is 10.2. The molecule has 152 valence electrons. The average Bonchev–Trinajstić information content (AvgIpc) is 3.35. The third-order valence-corrected chi connectivity index (χ3v) is 6.15. The van der Waals surface area contributed by atoms with Crippen molar-refractivity contribution in [2.45, 2.75) is 38.3 Å². The Morgan fingerprint density at radius 1 is 1.13 bits per heavy atom. The summed E-state index contributed by atoms with van der Waals surface area (Å²) in [6.45, 7) is 1.94. The van der Waals surface area contributed by atoms with Gasteiger partial charge in [-0.2, -0.15) is 0 Å². The number of fused-ring (bicyclic) bond motifs is 2. The number of nitrogens with one attached hydrogen (secondary N) is 1. The molecule has 2 fully saturated rings. The first kappa shape index (κ1) is 18.7. The number of carbonyl (C=O) groups is 1. The number of hydrogen-bond donors (Lipinski definition) is 1. The van der Waals surface area contributed by atoms with E-state index in [0.29, 0.717) is 17.6 Å². The predicted molar refractivity (Wildman–Crippen MR) is 112 cm³/mol. The number of halogens is 1. The van der Waals surface area contributed by atoms with Crippen molar-refractivity contribution in [1.29, 1.82) is 0 Å². The molecule has 3 aromatic rings. The van der Waals surface area contributed by atoms with Crippen LogP contribution in [-0.4, -0.2) is 32.9 Å². The first-order chi connectivity index (χ1) is 14.6. The monoisotopic (exact) mass is 403 g/mol. The fourth-order valence-electron chi connectivity index (χ4n) is 4.76. The molecule has 3 atom stereocenters. The highest BCUT2D eigenvalue weighted by Crippen LogP contribution is 2.44. The van der Waals surface area contributed by atoms with Gasteiger partial charge in [0.05, 0.1) is 18.3 Å². The van der Waals surface area contributed by atoms with Crippen LogP contribution in [0.4, 0.5) is 15.9 Å². The fraction of sp³-hybridized carbons (Fsp3) is 0.304. The predicted octanol–water partition coefficient (Wildman–Crippen LogP) is 3.98. The summed E-state index contributed by atoms with van der Waals surface area (Å²) in [5.74, 6) is 0.864. The van der Waals surface area contributed by atoms with Crippen molar-refractivity contribution >= 4 is 17.4 Å². The smallest absolute Gasteiger partial charge is 0.229 e. The van der Waals surface area contributed by atoms with E-state index in [9.17, 15) is 9.18 Å². The van der Waals surface area contributed by atoms with Crippen molar-refractivity contribution < 1.29 is 9.18 Å². The number of benzene rings is 1. The van der Waals surface area contributed by atoms with Gasteiger partial charge in [-0.05, 0) is 56.0 Å². The van der Waals surface area contributed by atoms with Crippen LogP contribution in [0.3, 0.4) is 0 Å². The Hall–Kier alpha value is -3.35. The molecule has 1 unspecified atom stereocenters. The molecule has 1 N–H and O–H groups in total. The van der Waals surface area contributed by atoms with Crippen LogP contribution in [0.2, 0.25) is 0 Å². The minimum atomic E-state index is -0.477. The lowest BCUT2D eigenvalue weighted by molar-refractivity contribution is -0.120. The highest BCUT2D eigenvalue weighted by Gasteiger charge is 2.49. The topological polar surface area (TPSA) is 71.0 Å². The van der Waals surface area contributed by atoms with E-state index in [0.717, 1.165) is 48.6 Å². The summed E-state index contributed by atoms with van der Waals surface area (Å²) in [6.07, 6.45) is 7.03. The van der Waals surface area contributed by atoms with Crippen LogP contribution in [0, 0.1) is 18.7 Å². The van der Waals surface area contributed by atoms with Crippen molar-refractivity contribution in [3.63, 3.8) is 0 Å². The maximum absolute atomic E-state index is 13.2. The van der Waals surface area contributed by atoms with Crippen molar-refractivity contribution in [1.82, 2.24) is 15.0 Å². The van der Waals surface area contributed by atoms with E-state index in [-0.39, 0.29) is 17.9 Å². The number of amides is 1. The van der Waals surface area contributed by atoms with Crippen LogP contribution in [0.5, 0.6) is 0 Å². The standard InChI is InChI=1S/C23H22FN5O/c1-14-5-6-16(10-18(14)22-26-12-15(24)13-27-22)28-23(30)19-11-17-7-8-20(19)29(17)21-4-2-3-9-25-21/h2-6,9-10,12-13,17,19-20H,7-8,11H2,1H3,(H,28,30)/t17-,19-,20?/m0/s1. The van der Waals surface area contributed by atoms with Crippen LogP contribution < -0.4 is 10.2 Å². The first-order valence-electron chi connectivity index (χ1n) is 10.2. The third-order valence-electron chi connectivity index (χ3n) is 6.15. The summed E-state index contributed by atoms with van der Waals surface area (Å²) < 4.78 is 13.2. The molecule has 2 aromatic heterocycles. The molecular weight excluding hydrogens is 381 g/mol. The molecule has 2 saturated heterocycles. The molecule has 2 bridgehead atoms. The lowest BCUT2D eigenvalue weighted by atomic mass is 9.88. The Kier molecular flexibility index (Phi) is 4.65. The minimum Gasteiger partial charge on any atom is -0.350 e. The Balaban J connectivity index is 1.35. The van der Waals surface area contributed by atoms with Gasteiger partial charge < -0.3 is 10.2 Å². The summed E-state index contributed by atoms with van der Waals surface area (Å²) in [4.78, 5) is 28.1. The number of carbonyl (C=O) groups excluding carboxylic acids is 1.